The third-order valence-corrected chi connectivity index (χ3v) is 7.94. The molecule has 3 heterocycles. The maximum atomic E-state index is 13.5. The van der Waals surface area contributed by atoms with E-state index in [4.69, 9.17) is 4.74 Å². The van der Waals surface area contributed by atoms with Crippen molar-refractivity contribution in [3.05, 3.63) is 81.5 Å². The van der Waals surface area contributed by atoms with E-state index in [0.29, 0.717) is 34.1 Å². The molecule has 1 N–H and O–H groups in total. The molecule has 0 radical (unpaired) electrons. The number of thiazole rings is 1. The van der Waals surface area contributed by atoms with Gasteiger partial charge in [-0.1, -0.05) is 49.4 Å². The van der Waals surface area contributed by atoms with Gasteiger partial charge in [0.2, 0.25) is 0 Å². The number of fused-ring (bicyclic) bond motifs is 2. The van der Waals surface area contributed by atoms with Crippen LogP contribution in [0.15, 0.2) is 59.1 Å². The van der Waals surface area contributed by atoms with E-state index >= 15 is 0 Å². The second-order valence-corrected chi connectivity index (χ2v) is 12.9. The minimum Gasteiger partial charge on any atom is -0.455 e. The summed E-state index contributed by atoms with van der Waals surface area (Å²) in [5.74, 6) is -0.0373. The highest BCUT2D eigenvalue weighted by atomic mass is 79.9. The molecule has 0 unspecified atom stereocenters. The smallest absolute Gasteiger partial charge is 0.358 e. The van der Waals surface area contributed by atoms with Crippen LogP contribution in [0.3, 0.4) is 0 Å². The first-order chi connectivity index (χ1) is 17.9. The van der Waals surface area contributed by atoms with Crippen molar-refractivity contribution in [2.45, 2.75) is 52.2 Å². The zero-order valence-electron chi connectivity index (χ0n) is 22.0. The van der Waals surface area contributed by atoms with E-state index in [1.807, 2.05) is 69.3 Å². The van der Waals surface area contributed by atoms with E-state index in [2.05, 4.69) is 56.0 Å². The number of carbonyl (C=O) groups excluding carboxylic acids is 2. The molecule has 38 heavy (non-hydrogen) atoms. The van der Waals surface area contributed by atoms with Gasteiger partial charge in [0.25, 0.3) is 5.91 Å². The molecular formula is C29H29BrN4O3S. The number of hydrogen-bond acceptors (Lipinski definition) is 7. The topological polar surface area (TPSA) is 84.4 Å². The summed E-state index contributed by atoms with van der Waals surface area (Å²) in [6, 6.07) is 17.4. The number of pyridine rings is 1. The van der Waals surface area contributed by atoms with Gasteiger partial charge in [0, 0.05) is 24.1 Å². The first-order valence-corrected chi connectivity index (χ1v) is 14.0. The third kappa shape index (κ3) is 5.31. The molecule has 0 aliphatic carbocycles. The summed E-state index contributed by atoms with van der Waals surface area (Å²) in [5, 5.41) is 3.57. The molecule has 0 saturated heterocycles. The van der Waals surface area contributed by atoms with Crippen molar-refractivity contribution < 1.29 is 14.3 Å². The third-order valence-electron chi connectivity index (χ3n) is 6.35. The number of para-hydroxylation sites is 1. The van der Waals surface area contributed by atoms with Gasteiger partial charge in [-0.3, -0.25) is 10.1 Å². The second kappa shape index (κ2) is 9.78. The van der Waals surface area contributed by atoms with Crippen LogP contribution < -0.4 is 10.2 Å². The van der Waals surface area contributed by atoms with Gasteiger partial charge in [-0.2, -0.15) is 0 Å². The molecule has 2 aromatic carbocycles. The monoisotopic (exact) mass is 592 g/mol. The molecule has 0 fully saturated rings. The fourth-order valence-corrected chi connectivity index (χ4v) is 5.99. The van der Waals surface area contributed by atoms with Gasteiger partial charge in [0.1, 0.15) is 11.4 Å². The highest BCUT2D eigenvalue weighted by Gasteiger charge is 2.35. The lowest BCUT2D eigenvalue weighted by atomic mass is 9.77. The highest BCUT2D eigenvalue weighted by Crippen LogP contribution is 2.38. The Morgan fingerprint density at radius 2 is 1.82 bits per heavy atom. The minimum absolute atomic E-state index is 0.197. The lowest BCUT2D eigenvalue weighted by molar-refractivity contribution is 0.00617. The van der Waals surface area contributed by atoms with E-state index in [1.165, 1.54) is 11.3 Å². The number of anilines is 2. The number of halogens is 1. The Morgan fingerprint density at radius 1 is 1.05 bits per heavy atom. The Kier molecular flexibility index (Phi) is 6.77. The van der Waals surface area contributed by atoms with Crippen molar-refractivity contribution in [1.29, 1.82) is 0 Å². The molecule has 2 aromatic heterocycles. The van der Waals surface area contributed by atoms with Gasteiger partial charge in [-0.15, -0.1) is 0 Å². The molecule has 0 atom stereocenters. The van der Waals surface area contributed by atoms with Crippen LogP contribution in [0.4, 0.5) is 10.9 Å². The quantitative estimate of drug-likeness (QED) is 0.258. The molecule has 1 aliphatic rings. The van der Waals surface area contributed by atoms with Crippen molar-refractivity contribution in [3.63, 3.8) is 0 Å². The minimum atomic E-state index is -0.633. The van der Waals surface area contributed by atoms with E-state index < -0.39 is 11.6 Å². The highest BCUT2D eigenvalue weighted by molar-refractivity contribution is 9.10. The van der Waals surface area contributed by atoms with Crippen LogP contribution in [0, 0.1) is 0 Å². The number of benzene rings is 2. The fourth-order valence-electron chi connectivity index (χ4n) is 4.74. The Bertz CT molecular complexity index is 1520. The first-order valence-electron chi connectivity index (χ1n) is 12.4. The predicted molar refractivity (Wildman–Crippen MR) is 155 cm³/mol. The Balaban J connectivity index is 1.47. The SMILES string of the molecule is CC(C)(C)OC(=O)c1nc(N2Cc3c(C(=O)Nc4nc5ccccc5s4)cccc3C(C)(C)C2)ccc1Br. The largest absolute Gasteiger partial charge is 0.455 e. The van der Waals surface area contributed by atoms with E-state index in [-0.39, 0.29) is 17.0 Å². The van der Waals surface area contributed by atoms with Crippen LogP contribution in [0.1, 0.15) is 66.6 Å². The molecule has 9 heteroatoms. The number of ether oxygens (including phenoxy) is 1. The summed E-state index contributed by atoms with van der Waals surface area (Å²) < 4.78 is 7.16. The maximum Gasteiger partial charge on any atom is 0.358 e. The number of carbonyl (C=O) groups is 2. The number of nitrogens with one attached hydrogen (secondary N) is 1. The molecule has 1 amide bonds. The first kappa shape index (κ1) is 26.3. The summed E-state index contributed by atoms with van der Waals surface area (Å²) in [6.07, 6.45) is 0. The van der Waals surface area contributed by atoms with Crippen molar-refractivity contribution in [3.8, 4) is 0 Å². The second-order valence-electron chi connectivity index (χ2n) is 11.0. The van der Waals surface area contributed by atoms with Crippen LogP contribution in [-0.4, -0.2) is 34.0 Å². The molecule has 5 rings (SSSR count). The van der Waals surface area contributed by atoms with Gasteiger partial charge in [-0.05, 0) is 78.2 Å². The van der Waals surface area contributed by atoms with Gasteiger partial charge >= 0.3 is 5.97 Å². The molecule has 0 spiro atoms. The van der Waals surface area contributed by atoms with Crippen LogP contribution in [0.2, 0.25) is 0 Å². The predicted octanol–water partition coefficient (Wildman–Crippen LogP) is 6.96. The van der Waals surface area contributed by atoms with E-state index in [9.17, 15) is 9.59 Å². The number of aromatic nitrogens is 2. The standard InChI is InChI=1S/C29H29BrN4O3S/c1-28(2,3)37-26(36)24-20(30)13-14-23(32-24)34-15-18-17(9-8-10-19(18)29(4,5)16-34)25(35)33-27-31-21-11-6-7-12-22(21)38-27/h6-14H,15-16H2,1-5H3,(H,31,33,35). The fraction of sp³-hybridized carbons (Fsp3) is 0.310. The average molecular weight is 594 g/mol. The van der Waals surface area contributed by atoms with Crippen LogP contribution in [0.5, 0.6) is 0 Å². The lowest BCUT2D eigenvalue weighted by Gasteiger charge is -2.41. The summed E-state index contributed by atoms with van der Waals surface area (Å²) in [4.78, 5) is 37.7. The van der Waals surface area contributed by atoms with Gasteiger partial charge in [0.05, 0.1) is 14.7 Å². The molecule has 4 aromatic rings. The maximum absolute atomic E-state index is 13.5. The molecule has 0 saturated carbocycles. The molecule has 0 bridgehead atoms. The van der Waals surface area contributed by atoms with Crippen molar-refractivity contribution in [1.82, 2.24) is 9.97 Å². The van der Waals surface area contributed by atoms with Crippen LogP contribution in [0.25, 0.3) is 10.2 Å². The summed E-state index contributed by atoms with van der Waals surface area (Å²) in [7, 11) is 0. The normalized spacial score (nSPS) is 14.7. The van der Waals surface area contributed by atoms with Gasteiger partial charge in [-0.25, -0.2) is 14.8 Å². The molecule has 1 aliphatic heterocycles. The van der Waals surface area contributed by atoms with Crippen molar-refractivity contribution in [2.75, 3.05) is 16.8 Å². The number of hydrogen-bond donors (Lipinski definition) is 1. The zero-order chi connectivity index (χ0) is 27.2. The Morgan fingerprint density at radius 3 is 2.55 bits per heavy atom. The molecule has 7 nitrogen and oxygen atoms in total. The summed E-state index contributed by atoms with van der Waals surface area (Å²) in [5.41, 5.74) is 2.84. The Hall–Kier alpha value is -3.30. The van der Waals surface area contributed by atoms with Gasteiger partial charge < -0.3 is 9.64 Å². The lowest BCUT2D eigenvalue weighted by Crippen LogP contribution is -2.43. The van der Waals surface area contributed by atoms with Gasteiger partial charge in [0.15, 0.2) is 10.8 Å². The molecular weight excluding hydrogens is 564 g/mol. The van der Waals surface area contributed by atoms with Crippen molar-refractivity contribution >= 4 is 60.3 Å². The van der Waals surface area contributed by atoms with E-state index in [1.54, 1.807) is 0 Å². The molecule has 196 valence electrons. The number of esters is 1. The Labute approximate surface area is 234 Å². The summed E-state index contributed by atoms with van der Waals surface area (Å²) >= 11 is 4.90. The number of nitrogens with zero attached hydrogens (tertiary/aromatic N) is 3. The zero-order valence-corrected chi connectivity index (χ0v) is 24.4. The van der Waals surface area contributed by atoms with Crippen molar-refractivity contribution in [2.24, 2.45) is 0 Å². The average Bonchev–Trinajstić information content (AvgIpc) is 3.24. The summed E-state index contributed by atoms with van der Waals surface area (Å²) in [6.45, 7) is 10.9. The van der Waals surface area contributed by atoms with E-state index in [0.717, 1.165) is 21.3 Å². The van der Waals surface area contributed by atoms with Crippen LogP contribution in [-0.2, 0) is 16.7 Å². The number of rotatable bonds is 4. The number of amides is 1. The van der Waals surface area contributed by atoms with Crippen LogP contribution >= 0.6 is 27.3 Å².